The highest BCUT2D eigenvalue weighted by atomic mass is 35.5. The summed E-state index contributed by atoms with van der Waals surface area (Å²) in [5.74, 6) is 0. The number of aryl methyl sites for hydroxylation is 1. The predicted molar refractivity (Wildman–Crippen MR) is 79.4 cm³/mol. The summed E-state index contributed by atoms with van der Waals surface area (Å²) in [4.78, 5) is 0. The minimum atomic E-state index is -4.28. The van der Waals surface area contributed by atoms with Gasteiger partial charge in [0.1, 0.15) is 0 Å². The van der Waals surface area contributed by atoms with Crippen LogP contribution in [0.2, 0.25) is 0 Å². The molecule has 0 fully saturated rings. The van der Waals surface area contributed by atoms with Crippen molar-refractivity contribution in [2.24, 2.45) is 0 Å². The van der Waals surface area contributed by atoms with Gasteiger partial charge in [0.2, 0.25) is 0 Å². The first-order valence-corrected chi connectivity index (χ1v) is 7.25. The zero-order chi connectivity index (χ0) is 15.3. The monoisotopic (exact) mass is 312 g/mol. The van der Waals surface area contributed by atoms with Crippen LogP contribution in [-0.4, -0.2) is 0 Å². The first kappa shape index (κ1) is 15.9. The van der Waals surface area contributed by atoms with E-state index < -0.39 is 11.7 Å². The van der Waals surface area contributed by atoms with Crippen molar-refractivity contribution in [1.29, 1.82) is 0 Å². The summed E-state index contributed by atoms with van der Waals surface area (Å²) in [5.41, 5.74) is 1.15. The molecule has 2 aromatic rings. The Morgan fingerprint density at radius 3 is 2.33 bits per heavy atom. The third-order valence-electron chi connectivity index (χ3n) is 3.34. The fourth-order valence-electron chi connectivity index (χ4n) is 2.22. The van der Waals surface area contributed by atoms with E-state index in [4.69, 9.17) is 11.6 Å². The van der Waals surface area contributed by atoms with Crippen molar-refractivity contribution < 1.29 is 13.2 Å². The third-order valence-corrected chi connectivity index (χ3v) is 3.81. The van der Waals surface area contributed by atoms with E-state index in [1.165, 1.54) is 12.1 Å². The fraction of sp³-hybridized carbons (Fsp3) is 0.294. The molecule has 0 aliphatic heterocycles. The molecule has 2 rings (SSSR count). The standard InChI is InChI=1S/C17H16ClF3/c18-16(14-8-2-1-3-9-14)11-5-7-13-6-4-10-15(12-13)17(19,20)21/h1-4,6,8-10,12,16H,5,7,11H2. The molecule has 0 radical (unpaired) electrons. The van der Waals surface area contributed by atoms with Gasteiger partial charge >= 0.3 is 6.18 Å². The molecule has 0 aliphatic carbocycles. The maximum absolute atomic E-state index is 12.6. The maximum Gasteiger partial charge on any atom is 0.416 e. The quantitative estimate of drug-likeness (QED) is 0.593. The Balaban J connectivity index is 1.89. The lowest BCUT2D eigenvalue weighted by Crippen LogP contribution is -2.05. The highest BCUT2D eigenvalue weighted by molar-refractivity contribution is 6.20. The molecule has 0 bridgehead atoms. The first-order chi connectivity index (χ1) is 9.97. The topological polar surface area (TPSA) is 0 Å². The summed E-state index contributed by atoms with van der Waals surface area (Å²) < 4.78 is 37.9. The molecule has 21 heavy (non-hydrogen) atoms. The van der Waals surface area contributed by atoms with Gasteiger partial charge in [-0.1, -0.05) is 48.5 Å². The summed E-state index contributed by atoms with van der Waals surface area (Å²) >= 11 is 6.30. The number of rotatable bonds is 5. The minimum absolute atomic E-state index is 0.100. The number of benzene rings is 2. The fourth-order valence-corrected chi connectivity index (χ4v) is 2.52. The van der Waals surface area contributed by atoms with Crippen molar-refractivity contribution in [1.82, 2.24) is 0 Å². The lowest BCUT2D eigenvalue weighted by Gasteiger charge is -2.11. The van der Waals surface area contributed by atoms with Crippen LogP contribution in [0.15, 0.2) is 54.6 Å². The summed E-state index contributed by atoms with van der Waals surface area (Å²) in [6, 6.07) is 15.2. The Kier molecular flexibility index (Phi) is 5.29. The highest BCUT2D eigenvalue weighted by Gasteiger charge is 2.30. The summed E-state index contributed by atoms with van der Waals surface area (Å²) in [6.45, 7) is 0. The average molecular weight is 313 g/mol. The van der Waals surface area contributed by atoms with Gasteiger partial charge in [0.05, 0.1) is 10.9 Å². The molecule has 112 valence electrons. The summed E-state index contributed by atoms with van der Waals surface area (Å²) in [7, 11) is 0. The van der Waals surface area contributed by atoms with Crippen molar-refractivity contribution in [2.45, 2.75) is 30.8 Å². The number of hydrogen-bond acceptors (Lipinski definition) is 0. The SMILES string of the molecule is FC(F)(F)c1cccc(CCCC(Cl)c2ccccc2)c1. The van der Waals surface area contributed by atoms with Gasteiger partial charge in [0.25, 0.3) is 0 Å². The van der Waals surface area contributed by atoms with Crippen LogP contribution in [0.3, 0.4) is 0 Å². The number of hydrogen-bond donors (Lipinski definition) is 0. The molecule has 0 saturated heterocycles. The van der Waals surface area contributed by atoms with Gasteiger partial charge in [-0.05, 0) is 36.5 Å². The van der Waals surface area contributed by atoms with Crippen LogP contribution in [0.5, 0.6) is 0 Å². The highest BCUT2D eigenvalue weighted by Crippen LogP contribution is 2.30. The molecule has 0 N–H and O–H groups in total. The van der Waals surface area contributed by atoms with E-state index in [9.17, 15) is 13.2 Å². The van der Waals surface area contributed by atoms with Crippen LogP contribution < -0.4 is 0 Å². The second-order valence-electron chi connectivity index (χ2n) is 4.97. The van der Waals surface area contributed by atoms with Crippen molar-refractivity contribution in [3.8, 4) is 0 Å². The van der Waals surface area contributed by atoms with Gasteiger partial charge in [-0.25, -0.2) is 0 Å². The Hall–Kier alpha value is -1.48. The molecule has 0 aromatic heterocycles. The third kappa shape index (κ3) is 4.78. The van der Waals surface area contributed by atoms with Crippen molar-refractivity contribution in [2.75, 3.05) is 0 Å². The van der Waals surface area contributed by atoms with Crippen molar-refractivity contribution in [3.63, 3.8) is 0 Å². The van der Waals surface area contributed by atoms with Crippen LogP contribution in [0.1, 0.15) is 34.9 Å². The van der Waals surface area contributed by atoms with Crippen LogP contribution in [-0.2, 0) is 12.6 Å². The molecule has 0 spiro atoms. The molecular weight excluding hydrogens is 297 g/mol. The van der Waals surface area contributed by atoms with Crippen molar-refractivity contribution in [3.05, 3.63) is 71.3 Å². The molecule has 4 heteroatoms. The smallest absolute Gasteiger partial charge is 0.166 e. The lowest BCUT2D eigenvalue weighted by molar-refractivity contribution is -0.137. The normalized spacial score (nSPS) is 13.1. The number of halogens is 4. The summed E-state index contributed by atoms with van der Waals surface area (Å²) in [6.07, 6.45) is -2.19. The molecule has 0 heterocycles. The Morgan fingerprint density at radius 2 is 1.67 bits per heavy atom. The minimum Gasteiger partial charge on any atom is -0.166 e. The van der Waals surface area contributed by atoms with Gasteiger partial charge in [-0.3, -0.25) is 0 Å². The molecule has 2 aromatic carbocycles. The first-order valence-electron chi connectivity index (χ1n) is 6.82. The molecular formula is C17H16ClF3. The van der Waals surface area contributed by atoms with Crippen LogP contribution in [0.4, 0.5) is 13.2 Å². The zero-order valence-electron chi connectivity index (χ0n) is 11.4. The maximum atomic E-state index is 12.6. The predicted octanol–water partition coefficient (Wildman–Crippen LogP) is 6.01. The van der Waals surface area contributed by atoms with Gasteiger partial charge in [-0.15, -0.1) is 11.6 Å². The van der Waals surface area contributed by atoms with Crippen molar-refractivity contribution >= 4 is 11.6 Å². The van der Waals surface area contributed by atoms with Gasteiger partial charge in [0, 0.05) is 0 Å². The van der Waals surface area contributed by atoms with E-state index in [2.05, 4.69) is 0 Å². The molecule has 1 unspecified atom stereocenters. The molecule has 0 saturated carbocycles. The summed E-state index contributed by atoms with van der Waals surface area (Å²) in [5, 5.41) is -0.100. The Labute approximate surface area is 127 Å². The van der Waals surface area contributed by atoms with E-state index in [0.29, 0.717) is 12.0 Å². The Bertz CT molecular complexity index is 564. The molecule has 0 amide bonds. The van der Waals surface area contributed by atoms with Gasteiger partial charge in [0.15, 0.2) is 0 Å². The number of alkyl halides is 4. The van der Waals surface area contributed by atoms with Gasteiger partial charge < -0.3 is 0 Å². The molecule has 0 aliphatic rings. The second-order valence-corrected chi connectivity index (χ2v) is 5.50. The van der Waals surface area contributed by atoms with E-state index >= 15 is 0 Å². The molecule has 0 nitrogen and oxygen atoms in total. The van der Waals surface area contributed by atoms with Crippen LogP contribution >= 0.6 is 11.6 Å². The van der Waals surface area contributed by atoms with E-state index in [-0.39, 0.29) is 5.38 Å². The van der Waals surface area contributed by atoms with Crippen LogP contribution in [0, 0.1) is 0 Å². The second kappa shape index (κ2) is 6.99. The van der Waals surface area contributed by atoms with E-state index in [0.717, 1.165) is 24.5 Å². The Morgan fingerprint density at radius 1 is 0.952 bits per heavy atom. The van der Waals surface area contributed by atoms with E-state index in [1.54, 1.807) is 6.07 Å². The lowest BCUT2D eigenvalue weighted by atomic mass is 10.0. The van der Waals surface area contributed by atoms with Gasteiger partial charge in [-0.2, -0.15) is 13.2 Å². The molecule has 1 atom stereocenters. The zero-order valence-corrected chi connectivity index (χ0v) is 12.2. The largest absolute Gasteiger partial charge is 0.416 e. The van der Waals surface area contributed by atoms with Crippen LogP contribution in [0.25, 0.3) is 0 Å². The van der Waals surface area contributed by atoms with E-state index in [1.807, 2.05) is 30.3 Å². The average Bonchev–Trinajstić information content (AvgIpc) is 2.47.